The van der Waals surface area contributed by atoms with E-state index in [4.69, 9.17) is 22.1 Å². The molecule has 1 aromatic rings. The average Bonchev–Trinajstić information content (AvgIpc) is 2.41. The molecule has 0 aliphatic heterocycles. The fourth-order valence-electron chi connectivity index (χ4n) is 2.94. The van der Waals surface area contributed by atoms with Crippen LogP contribution in [0, 0.1) is 0 Å². The number of hydrogen-bond acceptors (Lipinski definition) is 3. The van der Waals surface area contributed by atoms with Gasteiger partial charge in [0.2, 0.25) is 0 Å². The second-order valence-corrected chi connectivity index (χ2v) is 5.46. The van der Waals surface area contributed by atoms with Crippen molar-refractivity contribution in [3.63, 3.8) is 0 Å². The number of benzene rings is 1. The smallest absolute Gasteiger partial charge is 0.141 e. The molecule has 1 saturated carbocycles. The normalized spacial score (nSPS) is 18.6. The molecule has 2 rings (SSSR count). The van der Waals surface area contributed by atoms with Crippen LogP contribution in [0.2, 0.25) is 5.02 Å². The minimum Gasteiger partial charge on any atom is -0.508 e. The molecule has 0 atom stereocenters. The van der Waals surface area contributed by atoms with Crippen molar-refractivity contribution in [2.75, 3.05) is 13.7 Å². The average molecular weight is 270 g/mol. The molecule has 1 aliphatic rings. The number of halogens is 1. The van der Waals surface area contributed by atoms with Gasteiger partial charge in [-0.15, -0.1) is 0 Å². The Balaban J connectivity index is 2.45. The highest BCUT2D eigenvalue weighted by Gasteiger charge is 2.35. The molecule has 0 heterocycles. The van der Waals surface area contributed by atoms with Gasteiger partial charge in [0.25, 0.3) is 0 Å². The van der Waals surface area contributed by atoms with Gasteiger partial charge in [-0.1, -0.05) is 30.9 Å². The Labute approximate surface area is 113 Å². The Morgan fingerprint density at radius 1 is 1.33 bits per heavy atom. The first-order chi connectivity index (χ1) is 8.63. The van der Waals surface area contributed by atoms with Crippen LogP contribution >= 0.6 is 11.6 Å². The van der Waals surface area contributed by atoms with Gasteiger partial charge in [0.05, 0.1) is 12.1 Å². The molecule has 1 aromatic carbocycles. The summed E-state index contributed by atoms with van der Waals surface area (Å²) in [5, 5.41) is 10.7. The Morgan fingerprint density at radius 2 is 2.00 bits per heavy atom. The van der Waals surface area contributed by atoms with Crippen LogP contribution in [0.1, 0.15) is 37.7 Å². The molecule has 0 unspecified atom stereocenters. The van der Waals surface area contributed by atoms with Gasteiger partial charge in [0.15, 0.2) is 0 Å². The topological polar surface area (TPSA) is 55.5 Å². The fourth-order valence-corrected chi connectivity index (χ4v) is 3.18. The number of phenols is 1. The summed E-state index contributed by atoms with van der Waals surface area (Å²) in [5.74, 6) is 0.740. The highest BCUT2D eigenvalue weighted by Crippen LogP contribution is 2.45. The van der Waals surface area contributed by atoms with E-state index in [9.17, 15) is 5.11 Å². The predicted octanol–water partition coefficient (Wildman–Crippen LogP) is 3.21. The van der Waals surface area contributed by atoms with Crippen molar-refractivity contribution in [2.45, 2.75) is 37.5 Å². The fraction of sp³-hybridized carbons (Fsp3) is 0.571. The van der Waals surface area contributed by atoms with Crippen molar-refractivity contribution in [1.82, 2.24) is 0 Å². The summed E-state index contributed by atoms with van der Waals surface area (Å²) in [6, 6.07) is 3.40. The first kappa shape index (κ1) is 13.5. The number of methoxy groups -OCH3 is 1. The van der Waals surface area contributed by atoms with Gasteiger partial charge >= 0.3 is 0 Å². The molecule has 3 nitrogen and oxygen atoms in total. The molecule has 0 amide bonds. The van der Waals surface area contributed by atoms with Crippen LogP contribution in [-0.2, 0) is 5.41 Å². The van der Waals surface area contributed by atoms with Crippen molar-refractivity contribution in [2.24, 2.45) is 5.73 Å². The quantitative estimate of drug-likeness (QED) is 0.886. The van der Waals surface area contributed by atoms with Crippen LogP contribution in [0.5, 0.6) is 11.5 Å². The monoisotopic (exact) mass is 269 g/mol. The minimum atomic E-state index is -0.127. The zero-order valence-corrected chi connectivity index (χ0v) is 11.5. The third kappa shape index (κ3) is 2.29. The van der Waals surface area contributed by atoms with Gasteiger partial charge in [-0.3, -0.25) is 0 Å². The molecule has 0 bridgehead atoms. The maximum Gasteiger partial charge on any atom is 0.141 e. The highest BCUT2D eigenvalue weighted by molar-refractivity contribution is 6.32. The molecule has 0 spiro atoms. The summed E-state index contributed by atoms with van der Waals surface area (Å²) in [7, 11) is 1.54. The van der Waals surface area contributed by atoms with E-state index in [0.29, 0.717) is 17.3 Å². The van der Waals surface area contributed by atoms with Gasteiger partial charge in [-0.2, -0.15) is 0 Å². The second kappa shape index (κ2) is 5.37. The summed E-state index contributed by atoms with van der Waals surface area (Å²) in [6.45, 7) is 0.545. The van der Waals surface area contributed by atoms with Gasteiger partial charge < -0.3 is 15.6 Å². The van der Waals surface area contributed by atoms with Crippen molar-refractivity contribution in [1.29, 1.82) is 0 Å². The zero-order valence-electron chi connectivity index (χ0n) is 10.7. The lowest BCUT2D eigenvalue weighted by Gasteiger charge is -2.37. The number of ether oxygens (including phenoxy) is 1. The summed E-state index contributed by atoms with van der Waals surface area (Å²) in [5.41, 5.74) is 6.72. The SMILES string of the molecule is COc1cc(O)c(C2(CN)CCCCC2)cc1Cl. The Bertz CT molecular complexity index is 428. The molecule has 0 radical (unpaired) electrons. The van der Waals surface area contributed by atoms with Crippen LogP contribution in [-0.4, -0.2) is 18.8 Å². The molecule has 3 N–H and O–H groups in total. The maximum absolute atomic E-state index is 10.2. The zero-order chi connectivity index (χ0) is 13.2. The van der Waals surface area contributed by atoms with E-state index in [1.54, 1.807) is 13.2 Å². The largest absolute Gasteiger partial charge is 0.508 e. The Morgan fingerprint density at radius 3 is 2.56 bits per heavy atom. The van der Waals surface area contributed by atoms with Crippen LogP contribution in [0.4, 0.5) is 0 Å². The van der Waals surface area contributed by atoms with Crippen molar-refractivity contribution < 1.29 is 9.84 Å². The number of nitrogens with two attached hydrogens (primary N) is 1. The predicted molar refractivity (Wildman–Crippen MR) is 73.5 cm³/mol. The van der Waals surface area contributed by atoms with Gasteiger partial charge in [-0.05, 0) is 18.9 Å². The Hall–Kier alpha value is -0.930. The molecule has 18 heavy (non-hydrogen) atoms. The molecule has 1 aliphatic carbocycles. The molecule has 4 heteroatoms. The van der Waals surface area contributed by atoms with Gasteiger partial charge in [-0.25, -0.2) is 0 Å². The standard InChI is InChI=1S/C14H20ClNO2/c1-18-13-8-12(17)10(7-11(13)15)14(9-16)5-3-2-4-6-14/h7-8,17H,2-6,9,16H2,1H3. The van der Waals surface area contributed by atoms with Gasteiger partial charge in [0, 0.05) is 23.6 Å². The highest BCUT2D eigenvalue weighted by atomic mass is 35.5. The summed E-state index contributed by atoms with van der Waals surface area (Å²) in [6.07, 6.45) is 5.58. The lowest BCUT2D eigenvalue weighted by molar-refractivity contribution is 0.290. The molecule has 0 saturated heterocycles. The molecular formula is C14H20ClNO2. The van der Waals surface area contributed by atoms with Crippen molar-refractivity contribution >= 4 is 11.6 Å². The number of rotatable bonds is 3. The number of hydrogen-bond donors (Lipinski definition) is 2. The van der Waals surface area contributed by atoms with E-state index in [1.807, 2.05) is 6.07 Å². The van der Waals surface area contributed by atoms with E-state index >= 15 is 0 Å². The third-order valence-electron chi connectivity index (χ3n) is 4.04. The molecular weight excluding hydrogens is 250 g/mol. The lowest BCUT2D eigenvalue weighted by atomic mass is 9.69. The van der Waals surface area contributed by atoms with E-state index in [1.165, 1.54) is 6.42 Å². The van der Waals surface area contributed by atoms with Gasteiger partial charge in [0.1, 0.15) is 11.5 Å². The van der Waals surface area contributed by atoms with Crippen LogP contribution < -0.4 is 10.5 Å². The van der Waals surface area contributed by atoms with Crippen molar-refractivity contribution in [3.8, 4) is 11.5 Å². The van der Waals surface area contributed by atoms with E-state index in [-0.39, 0.29) is 11.2 Å². The Kier molecular flexibility index (Phi) is 4.03. The van der Waals surface area contributed by atoms with Crippen molar-refractivity contribution in [3.05, 3.63) is 22.7 Å². The first-order valence-electron chi connectivity index (χ1n) is 6.40. The summed E-state index contributed by atoms with van der Waals surface area (Å²) in [4.78, 5) is 0. The second-order valence-electron chi connectivity index (χ2n) is 5.05. The number of phenolic OH excluding ortho intramolecular Hbond substituents is 1. The molecule has 0 aromatic heterocycles. The van der Waals surface area contributed by atoms with Crippen LogP contribution in [0.15, 0.2) is 12.1 Å². The van der Waals surface area contributed by atoms with Crippen LogP contribution in [0.3, 0.4) is 0 Å². The summed E-state index contributed by atoms with van der Waals surface area (Å²) < 4.78 is 5.11. The first-order valence-corrected chi connectivity index (χ1v) is 6.78. The number of aromatic hydroxyl groups is 1. The molecule has 100 valence electrons. The minimum absolute atomic E-state index is 0.127. The van der Waals surface area contributed by atoms with E-state index in [0.717, 1.165) is 31.2 Å². The maximum atomic E-state index is 10.2. The van der Waals surface area contributed by atoms with E-state index < -0.39 is 0 Å². The summed E-state index contributed by atoms with van der Waals surface area (Å²) >= 11 is 6.16. The molecule has 1 fully saturated rings. The van der Waals surface area contributed by atoms with Crippen LogP contribution in [0.25, 0.3) is 0 Å². The lowest BCUT2D eigenvalue weighted by Crippen LogP contribution is -2.37. The van der Waals surface area contributed by atoms with E-state index in [2.05, 4.69) is 0 Å². The third-order valence-corrected chi connectivity index (χ3v) is 4.34.